The Morgan fingerprint density at radius 3 is 1.41 bits per heavy atom. The molecule has 2 heteroatoms. The highest BCUT2D eigenvalue weighted by Gasteiger charge is 2.60. The Kier molecular flexibility index (Phi) is 3.15. The molecule has 4 saturated heterocycles. The Labute approximate surface area is 138 Å². The fourth-order valence-electron chi connectivity index (χ4n) is 6.57. The van der Waals surface area contributed by atoms with E-state index in [-0.39, 0.29) is 15.8 Å². The van der Waals surface area contributed by atoms with Crippen molar-refractivity contribution in [1.82, 2.24) is 0 Å². The Balaban J connectivity index is 1.52. The van der Waals surface area contributed by atoms with Crippen LogP contribution in [0, 0.1) is 23.7 Å². The first-order valence-electron chi connectivity index (χ1n) is 9.25. The quantitative estimate of drug-likeness (QED) is 0.686. The molecule has 2 aliphatic carbocycles. The zero-order chi connectivity index (χ0) is 15.2. The van der Waals surface area contributed by atoms with Crippen LogP contribution >= 0.6 is 15.8 Å². The van der Waals surface area contributed by atoms with Crippen LogP contribution in [0.1, 0.15) is 40.5 Å². The molecule has 4 heterocycles. The molecule has 10 atom stereocenters. The van der Waals surface area contributed by atoms with Gasteiger partial charge in [0.2, 0.25) is 0 Å². The number of rotatable bonds is 2. The maximum Gasteiger partial charge on any atom is -0.0108 e. The van der Waals surface area contributed by atoms with Crippen molar-refractivity contribution in [3.63, 3.8) is 0 Å². The lowest BCUT2D eigenvalue weighted by Crippen LogP contribution is -2.45. The molecule has 7 rings (SSSR count). The Morgan fingerprint density at radius 1 is 0.727 bits per heavy atom. The van der Waals surface area contributed by atoms with Crippen LogP contribution in [0.2, 0.25) is 0 Å². The first kappa shape index (κ1) is 14.4. The minimum atomic E-state index is 0.169. The predicted molar refractivity (Wildman–Crippen MR) is 101 cm³/mol. The molecule has 2 saturated carbocycles. The van der Waals surface area contributed by atoms with Gasteiger partial charge in [-0.3, -0.25) is 0 Å². The molecule has 7 unspecified atom stereocenters. The van der Waals surface area contributed by atoms with Crippen molar-refractivity contribution in [3.8, 4) is 0 Å². The molecule has 1 aromatic rings. The van der Waals surface area contributed by atoms with Crippen molar-refractivity contribution >= 4 is 26.5 Å². The topological polar surface area (TPSA) is 0 Å². The van der Waals surface area contributed by atoms with E-state index in [9.17, 15) is 0 Å². The van der Waals surface area contributed by atoms with E-state index < -0.39 is 0 Å². The molecule has 0 spiro atoms. The van der Waals surface area contributed by atoms with Gasteiger partial charge in [-0.15, -0.1) is 0 Å². The molecule has 0 N–H and O–H groups in total. The van der Waals surface area contributed by atoms with Crippen LogP contribution < -0.4 is 10.6 Å². The van der Waals surface area contributed by atoms with E-state index in [4.69, 9.17) is 0 Å². The standard InChI is InChI=1S/C20H28P2/c1-11-9-17-13(3)19(11)21(17)15-7-5-6-8-16(15)22-18-10-12(2)20(22)14(18)4/h5-8,11-14,17-20H,9-10H2,1-4H3/t11-,12?,13+,14+,17?,18?,19?,20?,21?,22?/m0/s1. The lowest BCUT2D eigenvalue weighted by molar-refractivity contribution is 0.532. The Bertz CT molecular complexity index is 550. The van der Waals surface area contributed by atoms with E-state index in [0.717, 1.165) is 46.3 Å². The first-order valence-corrected chi connectivity index (χ1v) is 12.2. The number of benzene rings is 1. The van der Waals surface area contributed by atoms with Crippen molar-refractivity contribution < 1.29 is 0 Å². The molecule has 0 radical (unpaired) electrons. The summed E-state index contributed by atoms with van der Waals surface area (Å²) in [5, 5.41) is 3.72. The summed E-state index contributed by atoms with van der Waals surface area (Å²) in [6.07, 6.45) is 3.03. The average molecular weight is 330 g/mol. The SMILES string of the molecule is CC1CC2[C@@H](C)C1P2c1ccccc1P1C2C[C@H](C)C1[C@@H]2C. The summed E-state index contributed by atoms with van der Waals surface area (Å²) in [6, 6.07) is 9.75. The van der Waals surface area contributed by atoms with Gasteiger partial charge in [-0.05, 0) is 69.8 Å². The fourth-order valence-corrected chi connectivity index (χ4v) is 15.4. The second kappa shape index (κ2) is 4.80. The van der Waals surface area contributed by atoms with Gasteiger partial charge in [0.05, 0.1) is 0 Å². The minimum absolute atomic E-state index is 0.169. The second-order valence-electron chi connectivity index (χ2n) is 8.56. The zero-order valence-corrected chi connectivity index (χ0v) is 16.0. The van der Waals surface area contributed by atoms with E-state index in [1.54, 1.807) is 0 Å². The molecule has 0 aromatic heterocycles. The molecule has 1 aromatic carbocycles. The predicted octanol–water partition coefficient (Wildman–Crippen LogP) is 4.75. The summed E-state index contributed by atoms with van der Waals surface area (Å²) in [6.45, 7) is 10.1. The van der Waals surface area contributed by atoms with Crippen LogP contribution in [0.4, 0.5) is 0 Å². The molecular formula is C20H28P2. The Hall–Kier alpha value is 0.0800. The Morgan fingerprint density at radius 2 is 1.14 bits per heavy atom. The van der Waals surface area contributed by atoms with Crippen molar-refractivity contribution in [2.45, 2.75) is 63.2 Å². The summed E-state index contributed by atoms with van der Waals surface area (Å²) >= 11 is 0. The highest BCUT2D eigenvalue weighted by atomic mass is 31.1. The van der Waals surface area contributed by atoms with E-state index in [1.807, 2.05) is 10.6 Å². The smallest absolute Gasteiger partial charge is 0.0108 e. The largest absolute Gasteiger partial charge is 0.0674 e. The van der Waals surface area contributed by atoms with Crippen LogP contribution in [0.5, 0.6) is 0 Å². The van der Waals surface area contributed by atoms with Gasteiger partial charge in [0, 0.05) is 0 Å². The molecule has 6 aliphatic rings. The van der Waals surface area contributed by atoms with Crippen LogP contribution in [0.15, 0.2) is 24.3 Å². The van der Waals surface area contributed by atoms with Crippen molar-refractivity contribution in [1.29, 1.82) is 0 Å². The molecular weight excluding hydrogens is 302 g/mol. The fraction of sp³-hybridized carbons (Fsp3) is 0.700. The van der Waals surface area contributed by atoms with E-state index in [2.05, 4.69) is 52.0 Å². The zero-order valence-electron chi connectivity index (χ0n) is 14.2. The normalized spacial score (nSPS) is 54.9. The summed E-state index contributed by atoms with van der Waals surface area (Å²) in [4.78, 5) is 0. The molecule has 22 heavy (non-hydrogen) atoms. The summed E-state index contributed by atoms with van der Waals surface area (Å²) < 4.78 is 0. The van der Waals surface area contributed by atoms with Crippen LogP contribution in [-0.2, 0) is 0 Å². The molecule has 6 fully saturated rings. The van der Waals surface area contributed by atoms with Gasteiger partial charge in [-0.25, -0.2) is 0 Å². The van der Waals surface area contributed by atoms with E-state index >= 15 is 0 Å². The average Bonchev–Trinajstić information content (AvgIpc) is 3.20. The number of hydrogen-bond acceptors (Lipinski definition) is 0. The third-order valence-corrected chi connectivity index (χ3v) is 15.6. The first-order chi connectivity index (χ1) is 10.6. The second-order valence-corrected chi connectivity index (χ2v) is 13.7. The van der Waals surface area contributed by atoms with Crippen LogP contribution in [0.3, 0.4) is 0 Å². The van der Waals surface area contributed by atoms with Gasteiger partial charge in [0.25, 0.3) is 0 Å². The maximum atomic E-state index is 2.54. The highest BCUT2D eigenvalue weighted by molar-refractivity contribution is 7.75. The van der Waals surface area contributed by atoms with Crippen LogP contribution in [-0.4, -0.2) is 22.6 Å². The summed E-state index contributed by atoms with van der Waals surface area (Å²) in [7, 11) is 0.339. The molecule has 0 amide bonds. The van der Waals surface area contributed by atoms with Gasteiger partial charge in [0.1, 0.15) is 0 Å². The van der Waals surface area contributed by atoms with E-state index in [1.165, 1.54) is 12.8 Å². The van der Waals surface area contributed by atoms with Gasteiger partial charge in [0.15, 0.2) is 0 Å². The lowest BCUT2D eigenvalue weighted by Gasteiger charge is -2.49. The van der Waals surface area contributed by atoms with Crippen molar-refractivity contribution in [3.05, 3.63) is 24.3 Å². The van der Waals surface area contributed by atoms with Crippen LogP contribution in [0.25, 0.3) is 0 Å². The van der Waals surface area contributed by atoms with Gasteiger partial charge < -0.3 is 0 Å². The molecule has 4 bridgehead atoms. The molecule has 4 aliphatic heterocycles. The number of hydrogen-bond donors (Lipinski definition) is 0. The van der Waals surface area contributed by atoms with Gasteiger partial charge in [-0.2, -0.15) is 0 Å². The highest BCUT2D eigenvalue weighted by Crippen LogP contribution is 2.75. The molecule has 118 valence electrons. The van der Waals surface area contributed by atoms with Gasteiger partial charge >= 0.3 is 0 Å². The van der Waals surface area contributed by atoms with E-state index in [0.29, 0.717) is 0 Å². The number of fused-ring (bicyclic) bond motifs is 2. The minimum Gasteiger partial charge on any atom is -0.0674 e. The summed E-state index contributed by atoms with van der Waals surface area (Å²) in [5.74, 6) is 4.00. The van der Waals surface area contributed by atoms with Crippen molar-refractivity contribution in [2.24, 2.45) is 23.7 Å². The maximum absolute atomic E-state index is 2.54. The lowest BCUT2D eigenvalue weighted by atomic mass is 10.1. The van der Waals surface area contributed by atoms with Crippen molar-refractivity contribution in [2.75, 3.05) is 0 Å². The summed E-state index contributed by atoms with van der Waals surface area (Å²) in [5.41, 5.74) is 4.20. The third kappa shape index (κ3) is 1.62. The third-order valence-electron chi connectivity index (χ3n) is 7.48. The van der Waals surface area contributed by atoms with Gasteiger partial charge in [-0.1, -0.05) is 67.8 Å². The monoisotopic (exact) mass is 330 g/mol. The molecule has 0 nitrogen and oxygen atoms in total.